The topological polar surface area (TPSA) is 46.6 Å². The van der Waals surface area contributed by atoms with E-state index in [2.05, 4.69) is 17.0 Å². The third-order valence-corrected chi connectivity index (χ3v) is 4.33. The molecule has 0 amide bonds. The molecule has 0 saturated carbocycles. The van der Waals surface area contributed by atoms with Crippen molar-refractivity contribution in [3.05, 3.63) is 35.9 Å². The Morgan fingerprint density at radius 1 is 1.32 bits per heavy atom. The lowest BCUT2D eigenvalue weighted by Crippen LogP contribution is -2.45. The highest BCUT2D eigenvalue weighted by Crippen LogP contribution is 2.25. The van der Waals surface area contributed by atoms with Crippen LogP contribution in [0.1, 0.15) is 18.5 Å². The van der Waals surface area contributed by atoms with Gasteiger partial charge in [-0.15, -0.1) is 0 Å². The highest BCUT2D eigenvalue weighted by Gasteiger charge is 2.28. The molecule has 2 rings (SSSR count). The Hall–Kier alpha value is -0.910. The van der Waals surface area contributed by atoms with Gasteiger partial charge in [0.15, 0.2) is 0 Å². The Morgan fingerprint density at radius 2 is 2.00 bits per heavy atom. The standard InChI is InChI=1S/C14H21NO3S/c1-12-10-15(8-9-19(2,16)17)14(11-18-12)13-6-4-3-5-7-13/h3-7,12,14H,8-11H2,1-2H3/t12-,14+/m1/s1. The van der Waals surface area contributed by atoms with Crippen molar-refractivity contribution in [2.45, 2.75) is 19.1 Å². The minimum Gasteiger partial charge on any atom is -0.375 e. The number of rotatable bonds is 4. The first-order valence-electron chi connectivity index (χ1n) is 6.54. The lowest BCUT2D eigenvalue weighted by Gasteiger charge is -2.38. The Morgan fingerprint density at radius 3 is 2.63 bits per heavy atom. The number of ether oxygens (including phenoxy) is 1. The summed E-state index contributed by atoms with van der Waals surface area (Å²) in [4.78, 5) is 2.21. The van der Waals surface area contributed by atoms with Crippen LogP contribution in [0.2, 0.25) is 0 Å². The van der Waals surface area contributed by atoms with E-state index < -0.39 is 9.84 Å². The summed E-state index contributed by atoms with van der Waals surface area (Å²) in [5, 5.41) is 0. The maximum Gasteiger partial charge on any atom is 0.148 e. The van der Waals surface area contributed by atoms with E-state index in [1.54, 1.807) is 0 Å². The van der Waals surface area contributed by atoms with E-state index in [-0.39, 0.29) is 17.9 Å². The highest BCUT2D eigenvalue weighted by molar-refractivity contribution is 7.90. The Labute approximate surface area is 115 Å². The third kappa shape index (κ3) is 4.30. The van der Waals surface area contributed by atoms with Crippen molar-refractivity contribution >= 4 is 9.84 Å². The predicted molar refractivity (Wildman–Crippen MR) is 75.9 cm³/mol. The fourth-order valence-corrected chi connectivity index (χ4v) is 2.95. The van der Waals surface area contributed by atoms with Gasteiger partial charge in [0.1, 0.15) is 9.84 Å². The van der Waals surface area contributed by atoms with Crippen molar-refractivity contribution in [3.8, 4) is 0 Å². The normalized spacial score (nSPS) is 25.4. The summed E-state index contributed by atoms with van der Waals surface area (Å²) in [5.41, 5.74) is 1.18. The molecule has 0 radical (unpaired) electrons. The van der Waals surface area contributed by atoms with Crippen LogP contribution in [0.4, 0.5) is 0 Å². The van der Waals surface area contributed by atoms with Gasteiger partial charge in [-0.05, 0) is 12.5 Å². The molecule has 0 aliphatic carbocycles. The van der Waals surface area contributed by atoms with Crippen LogP contribution in [0, 0.1) is 0 Å². The molecule has 1 aliphatic heterocycles. The molecule has 1 aromatic carbocycles. The molecule has 4 nitrogen and oxygen atoms in total. The van der Waals surface area contributed by atoms with Crippen LogP contribution in [0.25, 0.3) is 0 Å². The minimum absolute atomic E-state index is 0.152. The van der Waals surface area contributed by atoms with Gasteiger partial charge in [-0.3, -0.25) is 4.90 Å². The Kier molecular flexibility index (Phi) is 4.60. The van der Waals surface area contributed by atoms with Gasteiger partial charge < -0.3 is 4.74 Å². The average Bonchev–Trinajstić information content (AvgIpc) is 2.37. The lowest BCUT2D eigenvalue weighted by molar-refractivity contribution is -0.0538. The second kappa shape index (κ2) is 6.03. The summed E-state index contributed by atoms with van der Waals surface area (Å²) >= 11 is 0. The van der Waals surface area contributed by atoms with Crippen LogP contribution in [0.5, 0.6) is 0 Å². The summed E-state index contributed by atoms with van der Waals surface area (Å²) in [5.74, 6) is 0.197. The number of nitrogens with zero attached hydrogens (tertiary/aromatic N) is 1. The number of morpholine rings is 1. The molecule has 19 heavy (non-hydrogen) atoms. The molecule has 0 bridgehead atoms. The minimum atomic E-state index is -2.93. The number of hydrogen-bond acceptors (Lipinski definition) is 4. The summed E-state index contributed by atoms with van der Waals surface area (Å²) in [7, 11) is -2.93. The van der Waals surface area contributed by atoms with E-state index in [0.29, 0.717) is 13.2 Å². The second-order valence-electron chi connectivity index (χ2n) is 5.20. The van der Waals surface area contributed by atoms with Crippen molar-refractivity contribution in [2.24, 2.45) is 0 Å². The Balaban J connectivity index is 2.11. The first-order chi connectivity index (χ1) is 8.96. The molecule has 0 N–H and O–H groups in total. The molecule has 1 aliphatic rings. The van der Waals surface area contributed by atoms with Crippen molar-refractivity contribution in [2.75, 3.05) is 31.7 Å². The van der Waals surface area contributed by atoms with Crippen LogP contribution in [0.3, 0.4) is 0 Å². The first kappa shape index (κ1) is 14.5. The lowest BCUT2D eigenvalue weighted by atomic mass is 10.0. The molecule has 1 fully saturated rings. The fraction of sp³-hybridized carbons (Fsp3) is 0.571. The van der Waals surface area contributed by atoms with Crippen LogP contribution in [-0.4, -0.2) is 51.1 Å². The molecule has 5 heteroatoms. The molecule has 1 aromatic rings. The van der Waals surface area contributed by atoms with Crippen LogP contribution < -0.4 is 0 Å². The van der Waals surface area contributed by atoms with Gasteiger partial charge in [-0.2, -0.15) is 0 Å². The molecule has 1 saturated heterocycles. The molecular weight excluding hydrogens is 262 g/mol. The second-order valence-corrected chi connectivity index (χ2v) is 7.45. The van der Waals surface area contributed by atoms with E-state index in [0.717, 1.165) is 6.54 Å². The maximum absolute atomic E-state index is 11.3. The predicted octanol–water partition coefficient (Wildman–Crippen LogP) is 1.49. The van der Waals surface area contributed by atoms with Crippen LogP contribution in [0.15, 0.2) is 30.3 Å². The van der Waals surface area contributed by atoms with Gasteiger partial charge in [0, 0.05) is 19.3 Å². The van der Waals surface area contributed by atoms with Crippen molar-refractivity contribution < 1.29 is 13.2 Å². The highest BCUT2D eigenvalue weighted by atomic mass is 32.2. The van der Waals surface area contributed by atoms with Gasteiger partial charge in [-0.25, -0.2) is 8.42 Å². The molecule has 0 spiro atoms. The summed E-state index contributed by atoms with van der Waals surface area (Å²) < 4.78 is 28.4. The van der Waals surface area contributed by atoms with Gasteiger partial charge in [0.25, 0.3) is 0 Å². The van der Waals surface area contributed by atoms with Crippen molar-refractivity contribution in [1.29, 1.82) is 0 Å². The van der Waals surface area contributed by atoms with E-state index >= 15 is 0 Å². The zero-order valence-corrected chi connectivity index (χ0v) is 12.3. The van der Waals surface area contributed by atoms with Gasteiger partial charge in [0.2, 0.25) is 0 Å². The zero-order valence-electron chi connectivity index (χ0n) is 11.5. The molecule has 0 unspecified atom stereocenters. The fourth-order valence-electron chi connectivity index (χ4n) is 2.38. The van der Waals surface area contributed by atoms with Crippen molar-refractivity contribution in [3.63, 3.8) is 0 Å². The molecule has 1 heterocycles. The quantitative estimate of drug-likeness (QED) is 0.840. The number of benzene rings is 1. The number of hydrogen-bond donors (Lipinski definition) is 0. The van der Waals surface area contributed by atoms with Crippen molar-refractivity contribution in [1.82, 2.24) is 4.90 Å². The van der Waals surface area contributed by atoms with Gasteiger partial charge in [0.05, 0.1) is 24.5 Å². The Bertz CT molecular complexity index is 501. The maximum atomic E-state index is 11.3. The smallest absolute Gasteiger partial charge is 0.148 e. The van der Waals surface area contributed by atoms with Gasteiger partial charge in [-0.1, -0.05) is 30.3 Å². The monoisotopic (exact) mass is 283 g/mol. The summed E-state index contributed by atoms with van der Waals surface area (Å²) in [6.07, 6.45) is 1.44. The summed E-state index contributed by atoms with van der Waals surface area (Å²) in [6, 6.07) is 10.3. The SMILES string of the molecule is C[C@@H]1CN(CCS(C)(=O)=O)[C@H](c2ccccc2)CO1. The molecular formula is C14H21NO3S. The third-order valence-electron chi connectivity index (χ3n) is 3.40. The number of sulfone groups is 1. The first-order valence-corrected chi connectivity index (χ1v) is 8.60. The molecule has 2 atom stereocenters. The van der Waals surface area contributed by atoms with Gasteiger partial charge >= 0.3 is 0 Å². The zero-order chi connectivity index (χ0) is 13.9. The largest absolute Gasteiger partial charge is 0.375 e. The van der Waals surface area contributed by atoms with E-state index in [4.69, 9.17) is 4.74 Å². The van der Waals surface area contributed by atoms with Crippen LogP contribution in [-0.2, 0) is 14.6 Å². The molecule has 106 valence electrons. The van der Waals surface area contributed by atoms with E-state index in [1.165, 1.54) is 11.8 Å². The van der Waals surface area contributed by atoms with Crippen LogP contribution >= 0.6 is 0 Å². The summed E-state index contributed by atoms with van der Waals surface area (Å²) in [6.45, 7) is 3.98. The van der Waals surface area contributed by atoms with E-state index in [1.807, 2.05) is 25.1 Å². The average molecular weight is 283 g/mol. The van der Waals surface area contributed by atoms with E-state index in [9.17, 15) is 8.42 Å². The molecule has 0 aromatic heterocycles.